The highest BCUT2D eigenvalue weighted by Crippen LogP contribution is 2.27. The van der Waals surface area contributed by atoms with Crippen molar-refractivity contribution in [3.8, 4) is 0 Å². The predicted molar refractivity (Wildman–Crippen MR) is 79.4 cm³/mol. The molecule has 1 saturated heterocycles. The maximum absolute atomic E-state index is 13.9. The third kappa shape index (κ3) is 3.98. The molecular formula is C12H15FN2O6S2. The lowest BCUT2D eigenvalue weighted by Gasteiger charge is -2.16. The first kappa shape index (κ1) is 17.6. The number of nitrogens with zero attached hydrogens (tertiary/aromatic N) is 1. The second kappa shape index (κ2) is 6.06. The highest BCUT2D eigenvalue weighted by molar-refractivity contribution is 7.92. The van der Waals surface area contributed by atoms with Crippen molar-refractivity contribution >= 4 is 31.7 Å². The molecule has 1 heterocycles. The topological polar surface area (TPSA) is 121 Å². The Morgan fingerprint density at radius 3 is 2.48 bits per heavy atom. The van der Waals surface area contributed by atoms with Crippen LogP contribution in [0.1, 0.15) is 6.42 Å². The van der Waals surface area contributed by atoms with Crippen LogP contribution >= 0.6 is 0 Å². The number of benzene rings is 1. The van der Waals surface area contributed by atoms with Crippen molar-refractivity contribution in [1.82, 2.24) is 4.31 Å². The Hall–Kier alpha value is -1.72. The van der Waals surface area contributed by atoms with E-state index in [2.05, 4.69) is 0 Å². The van der Waals surface area contributed by atoms with Gasteiger partial charge in [0.25, 0.3) is 0 Å². The highest BCUT2D eigenvalue weighted by Gasteiger charge is 2.36. The zero-order chi connectivity index (χ0) is 17.4. The third-order valence-corrected chi connectivity index (χ3v) is 5.83. The lowest BCUT2D eigenvalue weighted by atomic mass is 10.1. The quantitative estimate of drug-likeness (QED) is 0.773. The molecule has 1 unspecified atom stereocenters. The molecule has 0 bridgehead atoms. The number of rotatable bonds is 5. The van der Waals surface area contributed by atoms with E-state index in [1.807, 2.05) is 4.72 Å². The Morgan fingerprint density at radius 1 is 1.35 bits per heavy atom. The van der Waals surface area contributed by atoms with Crippen molar-refractivity contribution in [3.05, 3.63) is 24.0 Å². The van der Waals surface area contributed by atoms with E-state index >= 15 is 0 Å². The van der Waals surface area contributed by atoms with E-state index < -0.39 is 37.8 Å². The Morgan fingerprint density at radius 2 is 2.00 bits per heavy atom. The average molecular weight is 366 g/mol. The number of sulfonamides is 2. The van der Waals surface area contributed by atoms with Gasteiger partial charge in [-0.15, -0.1) is 0 Å². The van der Waals surface area contributed by atoms with E-state index in [0.717, 1.165) is 22.7 Å². The first-order valence-electron chi connectivity index (χ1n) is 6.51. The molecule has 0 amide bonds. The largest absolute Gasteiger partial charge is 0.481 e. The fraction of sp³-hybridized carbons (Fsp3) is 0.417. The molecule has 0 spiro atoms. The second-order valence-corrected chi connectivity index (χ2v) is 8.89. The molecule has 0 saturated carbocycles. The number of anilines is 1. The van der Waals surface area contributed by atoms with E-state index in [1.54, 1.807) is 0 Å². The van der Waals surface area contributed by atoms with Gasteiger partial charge >= 0.3 is 5.97 Å². The predicted octanol–water partition coefficient (Wildman–Crippen LogP) is 0.292. The number of hydrogen-bond acceptors (Lipinski definition) is 5. The first-order chi connectivity index (χ1) is 10.5. The monoisotopic (exact) mass is 366 g/mol. The normalized spacial score (nSPS) is 19.7. The molecule has 128 valence electrons. The highest BCUT2D eigenvalue weighted by atomic mass is 32.2. The summed E-state index contributed by atoms with van der Waals surface area (Å²) < 4.78 is 63.7. The summed E-state index contributed by atoms with van der Waals surface area (Å²) in [6, 6.07) is 2.78. The van der Waals surface area contributed by atoms with Gasteiger partial charge in [0, 0.05) is 13.1 Å². The molecule has 0 aliphatic carbocycles. The number of halogens is 1. The summed E-state index contributed by atoms with van der Waals surface area (Å²) in [5.74, 6) is -2.91. The molecule has 23 heavy (non-hydrogen) atoms. The Balaban J connectivity index is 2.28. The van der Waals surface area contributed by atoms with Crippen LogP contribution in [-0.2, 0) is 24.8 Å². The molecule has 1 fully saturated rings. The summed E-state index contributed by atoms with van der Waals surface area (Å²) in [5, 5.41) is 8.91. The standard InChI is InChI=1S/C12H15FN2O6S2/c1-22(18,19)14-11-3-2-9(6-10(11)13)23(20,21)15-5-4-8(7-15)12(16)17/h2-3,6,8,14H,4-5,7H2,1H3,(H,16,17). The van der Waals surface area contributed by atoms with Crippen LogP contribution in [0.2, 0.25) is 0 Å². The number of carboxylic acids is 1. The number of nitrogens with one attached hydrogen (secondary N) is 1. The second-order valence-electron chi connectivity index (χ2n) is 5.20. The van der Waals surface area contributed by atoms with Gasteiger partial charge in [-0.3, -0.25) is 9.52 Å². The van der Waals surface area contributed by atoms with Crippen LogP contribution in [0.25, 0.3) is 0 Å². The van der Waals surface area contributed by atoms with E-state index in [1.165, 1.54) is 0 Å². The van der Waals surface area contributed by atoms with Gasteiger partial charge in [0.1, 0.15) is 5.82 Å². The van der Waals surface area contributed by atoms with Gasteiger partial charge in [-0.05, 0) is 24.6 Å². The molecule has 0 radical (unpaired) electrons. The number of hydrogen-bond donors (Lipinski definition) is 2. The summed E-state index contributed by atoms with van der Waals surface area (Å²) >= 11 is 0. The molecule has 1 aliphatic rings. The molecule has 1 aliphatic heterocycles. The summed E-state index contributed by atoms with van der Waals surface area (Å²) in [5.41, 5.74) is -0.365. The minimum atomic E-state index is -4.04. The Bertz CT molecular complexity index is 837. The van der Waals surface area contributed by atoms with Gasteiger partial charge in [-0.2, -0.15) is 4.31 Å². The van der Waals surface area contributed by atoms with Crippen molar-refractivity contribution in [3.63, 3.8) is 0 Å². The molecule has 11 heteroatoms. The smallest absolute Gasteiger partial charge is 0.307 e. The van der Waals surface area contributed by atoms with Gasteiger partial charge in [-0.1, -0.05) is 0 Å². The first-order valence-corrected chi connectivity index (χ1v) is 9.84. The van der Waals surface area contributed by atoms with Gasteiger partial charge < -0.3 is 5.11 Å². The van der Waals surface area contributed by atoms with Crippen molar-refractivity contribution < 1.29 is 31.1 Å². The molecule has 1 aromatic carbocycles. The molecule has 2 rings (SSSR count). The van der Waals surface area contributed by atoms with Crippen molar-refractivity contribution in [2.45, 2.75) is 11.3 Å². The minimum Gasteiger partial charge on any atom is -0.481 e. The molecule has 2 N–H and O–H groups in total. The van der Waals surface area contributed by atoms with Crippen LogP contribution in [0.3, 0.4) is 0 Å². The fourth-order valence-electron chi connectivity index (χ4n) is 2.24. The van der Waals surface area contributed by atoms with Crippen molar-refractivity contribution in [1.29, 1.82) is 0 Å². The van der Waals surface area contributed by atoms with Crippen LogP contribution in [0.15, 0.2) is 23.1 Å². The van der Waals surface area contributed by atoms with Crippen LogP contribution in [0, 0.1) is 11.7 Å². The van der Waals surface area contributed by atoms with E-state index in [0.29, 0.717) is 6.07 Å². The van der Waals surface area contributed by atoms with Gasteiger partial charge in [0.15, 0.2) is 0 Å². The van der Waals surface area contributed by atoms with E-state index in [-0.39, 0.29) is 30.1 Å². The van der Waals surface area contributed by atoms with E-state index in [9.17, 15) is 26.0 Å². The molecule has 1 atom stereocenters. The SMILES string of the molecule is CS(=O)(=O)Nc1ccc(S(=O)(=O)N2CCC(C(=O)O)C2)cc1F. The van der Waals surface area contributed by atoms with E-state index in [4.69, 9.17) is 5.11 Å². The molecule has 1 aromatic rings. The fourth-order valence-corrected chi connectivity index (χ4v) is 4.31. The Kier molecular flexibility index (Phi) is 4.64. The molecule has 8 nitrogen and oxygen atoms in total. The van der Waals surface area contributed by atoms with Crippen molar-refractivity contribution in [2.24, 2.45) is 5.92 Å². The zero-order valence-electron chi connectivity index (χ0n) is 12.1. The maximum atomic E-state index is 13.9. The number of aliphatic carboxylic acids is 1. The average Bonchev–Trinajstić information content (AvgIpc) is 2.90. The summed E-state index contributed by atoms with van der Waals surface area (Å²) in [6.07, 6.45) is 1.03. The van der Waals surface area contributed by atoms with Gasteiger partial charge in [0.05, 0.1) is 22.8 Å². The lowest BCUT2D eigenvalue weighted by Crippen LogP contribution is -2.30. The maximum Gasteiger partial charge on any atom is 0.307 e. The Labute approximate surface area is 133 Å². The summed E-state index contributed by atoms with van der Waals surface area (Å²) in [4.78, 5) is 10.5. The summed E-state index contributed by atoms with van der Waals surface area (Å²) in [7, 11) is -7.73. The third-order valence-electron chi connectivity index (χ3n) is 3.37. The van der Waals surface area contributed by atoms with Crippen LogP contribution in [-0.4, -0.2) is 51.6 Å². The zero-order valence-corrected chi connectivity index (χ0v) is 13.7. The van der Waals surface area contributed by atoms with Crippen LogP contribution in [0.5, 0.6) is 0 Å². The van der Waals surface area contributed by atoms with Crippen LogP contribution in [0.4, 0.5) is 10.1 Å². The number of carbonyl (C=O) groups is 1. The minimum absolute atomic E-state index is 0.0320. The number of carboxylic acid groups (broad SMARTS) is 1. The van der Waals surface area contributed by atoms with Gasteiger partial charge in [-0.25, -0.2) is 21.2 Å². The lowest BCUT2D eigenvalue weighted by molar-refractivity contribution is -0.141. The van der Waals surface area contributed by atoms with Crippen LogP contribution < -0.4 is 4.72 Å². The molecular weight excluding hydrogens is 351 g/mol. The van der Waals surface area contributed by atoms with Gasteiger partial charge in [0.2, 0.25) is 20.0 Å². The molecule has 0 aromatic heterocycles. The van der Waals surface area contributed by atoms with Crippen molar-refractivity contribution in [2.75, 3.05) is 24.1 Å². The summed E-state index contributed by atoms with van der Waals surface area (Å²) in [6.45, 7) is -0.146.